The third kappa shape index (κ3) is 4.67. The fraction of sp³-hybridized carbons (Fsp3) is 0.121. The van der Waals surface area contributed by atoms with Gasteiger partial charge in [0.1, 0.15) is 16.9 Å². The molecule has 5 nitrogen and oxygen atoms in total. The molecule has 4 aromatic heterocycles. The normalized spacial score (nSPS) is 12.5. The largest absolute Gasteiger partial charge is 0.498 e. The number of pyridine rings is 2. The van der Waals surface area contributed by atoms with E-state index in [2.05, 4.69) is 44.9 Å². The van der Waals surface area contributed by atoms with Gasteiger partial charge in [-0.1, -0.05) is 35.2 Å². The first kappa shape index (κ1) is 25.2. The second-order valence-electron chi connectivity index (χ2n) is 9.35. The number of furan rings is 1. The van der Waals surface area contributed by atoms with Crippen LogP contribution >= 0.6 is 0 Å². The number of hydrogen-bond acceptors (Lipinski definition) is 4. The Morgan fingerprint density at radius 2 is 1.51 bits per heavy atom. The summed E-state index contributed by atoms with van der Waals surface area (Å²) in [6.07, 6.45) is 7.06. The number of rotatable bonds is 2. The minimum absolute atomic E-state index is 0. The third-order valence-electron chi connectivity index (χ3n) is 7.00. The van der Waals surface area contributed by atoms with Crippen LogP contribution in [-0.2, 0) is 33.1 Å². The Labute approximate surface area is 239 Å². The maximum atomic E-state index is 6.38. The zero-order chi connectivity index (χ0) is 25.3. The molecule has 193 valence electrons. The maximum absolute atomic E-state index is 6.38. The van der Waals surface area contributed by atoms with Crippen molar-refractivity contribution >= 4 is 33.0 Å². The van der Waals surface area contributed by atoms with Gasteiger partial charge in [0.15, 0.2) is 0 Å². The van der Waals surface area contributed by atoms with Gasteiger partial charge in [-0.2, -0.15) is 0 Å². The molecule has 0 aliphatic carbocycles. The molecular formula is C33H24IrN4O-2. The van der Waals surface area contributed by atoms with Gasteiger partial charge in [-0.15, -0.1) is 54.1 Å². The Balaban J connectivity index is 0.000000180. The van der Waals surface area contributed by atoms with Crippen LogP contribution in [0.2, 0.25) is 0 Å². The van der Waals surface area contributed by atoms with Crippen molar-refractivity contribution in [2.24, 2.45) is 0 Å². The third-order valence-corrected chi connectivity index (χ3v) is 7.00. The van der Waals surface area contributed by atoms with Crippen LogP contribution in [0.25, 0.3) is 55.5 Å². The SMILES string of the molecule is [Ir].[c-]1ccc2c(oc3c2ccc2c3nc3n2CCCC3)c1-c1ccccn1.[c-]1ccccc1-c1ccccn1. The topological polar surface area (TPSA) is 56.7 Å². The first-order chi connectivity index (χ1) is 18.9. The molecule has 0 saturated carbocycles. The zero-order valence-corrected chi connectivity index (χ0v) is 23.5. The van der Waals surface area contributed by atoms with E-state index in [1.807, 2.05) is 66.7 Å². The van der Waals surface area contributed by atoms with Crippen molar-refractivity contribution in [2.45, 2.75) is 25.8 Å². The first-order valence-corrected chi connectivity index (χ1v) is 12.9. The first-order valence-electron chi connectivity index (χ1n) is 12.9. The van der Waals surface area contributed by atoms with Crippen LogP contribution in [0.1, 0.15) is 18.7 Å². The van der Waals surface area contributed by atoms with Crippen molar-refractivity contribution < 1.29 is 24.5 Å². The van der Waals surface area contributed by atoms with E-state index in [1.165, 1.54) is 24.2 Å². The molecule has 6 heteroatoms. The number of imidazole rings is 1. The van der Waals surface area contributed by atoms with Gasteiger partial charge >= 0.3 is 0 Å². The van der Waals surface area contributed by atoms with E-state index in [4.69, 9.17) is 9.40 Å². The van der Waals surface area contributed by atoms with Gasteiger partial charge in [-0.3, -0.25) is 0 Å². The van der Waals surface area contributed by atoms with E-state index in [-0.39, 0.29) is 20.1 Å². The number of fused-ring (bicyclic) bond motifs is 7. The Kier molecular flexibility index (Phi) is 7.06. The molecule has 5 heterocycles. The van der Waals surface area contributed by atoms with Gasteiger partial charge in [0.2, 0.25) is 0 Å². The minimum atomic E-state index is 0. The molecule has 8 rings (SSSR count). The molecule has 1 aliphatic rings. The predicted molar refractivity (Wildman–Crippen MR) is 151 cm³/mol. The second-order valence-corrected chi connectivity index (χ2v) is 9.35. The van der Waals surface area contributed by atoms with E-state index < -0.39 is 0 Å². The fourth-order valence-corrected chi connectivity index (χ4v) is 5.20. The zero-order valence-electron chi connectivity index (χ0n) is 21.1. The van der Waals surface area contributed by atoms with Gasteiger partial charge in [-0.05, 0) is 48.5 Å². The molecular weight excluding hydrogens is 661 g/mol. The van der Waals surface area contributed by atoms with E-state index in [0.29, 0.717) is 0 Å². The van der Waals surface area contributed by atoms with E-state index in [9.17, 15) is 0 Å². The van der Waals surface area contributed by atoms with Crippen LogP contribution in [-0.4, -0.2) is 19.5 Å². The van der Waals surface area contributed by atoms with Crippen LogP contribution < -0.4 is 0 Å². The van der Waals surface area contributed by atoms with Crippen LogP contribution in [0.4, 0.5) is 0 Å². The molecule has 0 bridgehead atoms. The van der Waals surface area contributed by atoms with Crippen molar-refractivity contribution in [3.63, 3.8) is 0 Å². The molecule has 1 radical (unpaired) electrons. The predicted octanol–water partition coefficient (Wildman–Crippen LogP) is 7.68. The molecule has 1 aliphatic heterocycles. The summed E-state index contributed by atoms with van der Waals surface area (Å²) in [5.41, 5.74) is 7.64. The number of hydrogen-bond donors (Lipinski definition) is 0. The molecule has 0 fully saturated rings. The smallest absolute Gasteiger partial charge is 0.148 e. The molecule has 0 atom stereocenters. The molecule has 0 N–H and O–H groups in total. The van der Waals surface area contributed by atoms with Gasteiger partial charge in [0.25, 0.3) is 0 Å². The standard InChI is InChI=1S/C22H16N3O.C11H8N.Ir/c1-3-12-23-17(8-1)16-7-5-6-14-15-10-11-18-20(22(15)26-21(14)16)24-19-9-2-4-13-25(18)19;1-2-6-10(7-3-1)11-8-4-5-9-12-11;/h1,3,5-6,8,10-12H,2,4,9,13H2;1-6,8-9H;/q2*-1;. The number of aromatic nitrogens is 4. The van der Waals surface area contributed by atoms with E-state index in [0.717, 1.165) is 62.9 Å². The number of nitrogens with zero attached hydrogens (tertiary/aromatic N) is 4. The van der Waals surface area contributed by atoms with Gasteiger partial charge < -0.3 is 19.0 Å². The Morgan fingerprint density at radius 3 is 2.28 bits per heavy atom. The summed E-state index contributed by atoms with van der Waals surface area (Å²) in [5.74, 6) is 1.18. The monoisotopic (exact) mass is 685 g/mol. The molecule has 0 spiro atoms. The maximum Gasteiger partial charge on any atom is 0.148 e. The molecule has 0 saturated heterocycles. The summed E-state index contributed by atoms with van der Waals surface area (Å²) >= 11 is 0. The van der Waals surface area contributed by atoms with Crippen LogP contribution in [0, 0.1) is 12.1 Å². The molecule has 39 heavy (non-hydrogen) atoms. The van der Waals surface area contributed by atoms with E-state index >= 15 is 0 Å². The summed E-state index contributed by atoms with van der Waals surface area (Å²) in [7, 11) is 0. The Hall–Kier alpha value is -4.12. The van der Waals surface area contributed by atoms with Crippen molar-refractivity contribution in [3.8, 4) is 22.5 Å². The molecule has 0 unspecified atom stereocenters. The summed E-state index contributed by atoms with van der Waals surface area (Å²) in [4.78, 5) is 13.6. The Morgan fingerprint density at radius 1 is 0.718 bits per heavy atom. The van der Waals surface area contributed by atoms with Crippen molar-refractivity contribution in [3.05, 3.63) is 115 Å². The number of aryl methyl sites for hydroxylation is 2. The summed E-state index contributed by atoms with van der Waals surface area (Å²) in [6, 6.07) is 34.4. The van der Waals surface area contributed by atoms with Crippen LogP contribution in [0.15, 0.2) is 102 Å². The van der Waals surface area contributed by atoms with Crippen LogP contribution in [0.5, 0.6) is 0 Å². The minimum Gasteiger partial charge on any atom is -0.498 e. The quantitative estimate of drug-likeness (QED) is 0.176. The average Bonchev–Trinajstić information content (AvgIpc) is 3.58. The Bertz CT molecular complexity index is 1820. The molecule has 3 aromatic carbocycles. The van der Waals surface area contributed by atoms with Crippen molar-refractivity contribution in [1.82, 2.24) is 19.5 Å². The molecule has 0 amide bonds. The summed E-state index contributed by atoms with van der Waals surface area (Å²) in [6.45, 7) is 1.05. The second kappa shape index (κ2) is 10.9. The average molecular weight is 685 g/mol. The van der Waals surface area contributed by atoms with Crippen molar-refractivity contribution in [2.75, 3.05) is 0 Å². The van der Waals surface area contributed by atoms with Crippen molar-refractivity contribution in [1.29, 1.82) is 0 Å². The summed E-state index contributed by atoms with van der Waals surface area (Å²) < 4.78 is 8.73. The van der Waals surface area contributed by atoms with Gasteiger partial charge in [0, 0.05) is 50.9 Å². The van der Waals surface area contributed by atoms with Gasteiger partial charge in [-0.25, -0.2) is 4.98 Å². The fourth-order valence-electron chi connectivity index (χ4n) is 5.20. The summed E-state index contributed by atoms with van der Waals surface area (Å²) in [5, 5.41) is 2.20. The molecule has 7 aromatic rings. The number of benzene rings is 3. The van der Waals surface area contributed by atoms with Gasteiger partial charge in [0.05, 0.1) is 11.1 Å². The van der Waals surface area contributed by atoms with E-state index in [1.54, 1.807) is 12.4 Å². The van der Waals surface area contributed by atoms with Crippen LogP contribution in [0.3, 0.4) is 0 Å².